The summed E-state index contributed by atoms with van der Waals surface area (Å²) in [6, 6.07) is 6.28. The number of aromatic nitrogens is 2. The Morgan fingerprint density at radius 3 is 2.96 bits per heavy atom. The molecule has 1 unspecified atom stereocenters. The summed E-state index contributed by atoms with van der Waals surface area (Å²) in [7, 11) is 3.26. The highest BCUT2D eigenvalue weighted by molar-refractivity contribution is 5.97. The van der Waals surface area contributed by atoms with Gasteiger partial charge < -0.3 is 10.1 Å². The van der Waals surface area contributed by atoms with Crippen LogP contribution in [0.1, 0.15) is 18.4 Å². The van der Waals surface area contributed by atoms with Crippen molar-refractivity contribution in [3.05, 3.63) is 41.8 Å². The highest BCUT2D eigenvalue weighted by Gasteiger charge is 2.30. The summed E-state index contributed by atoms with van der Waals surface area (Å²) in [6.45, 7) is 1.15. The molecule has 1 aliphatic rings. The summed E-state index contributed by atoms with van der Waals surface area (Å²) in [5.74, 6) is 0.516. The zero-order chi connectivity index (χ0) is 17.1. The fourth-order valence-corrected chi connectivity index (χ4v) is 2.89. The van der Waals surface area contributed by atoms with Crippen molar-refractivity contribution in [1.82, 2.24) is 15.1 Å². The molecule has 6 nitrogen and oxygen atoms in total. The molecule has 1 atom stereocenters. The smallest absolute Gasteiger partial charge is 0.245 e. The van der Waals surface area contributed by atoms with Crippen molar-refractivity contribution < 1.29 is 13.9 Å². The van der Waals surface area contributed by atoms with Crippen molar-refractivity contribution in [2.45, 2.75) is 25.4 Å². The van der Waals surface area contributed by atoms with Crippen LogP contribution in [0.25, 0.3) is 0 Å². The van der Waals surface area contributed by atoms with Gasteiger partial charge in [-0.25, -0.2) is 4.39 Å². The van der Waals surface area contributed by atoms with Crippen LogP contribution in [-0.2, 0) is 18.4 Å². The minimum Gasteiger partial charge on any atom is -0.494 e. The number of halogens is 1. The van der Waals surface area contributed by atoms with Gasteiger partial charge in [0.15, 0.2) is 17.4 Å². The van der Waals surface area contributed by atoms with E-state index in [9.17, 15) is 9.18 Å². The molecule has 24 heavy (non-hydrogen) atoms. The number of rotatable bonds is 5. The summed E-state index contributed by atoms with van der Waals surface area (Å²) in [6.07, 6.45) is 3.51. The summed E-state index contributed by atoms with van der Waals surface area (Å²) in [5, 5.41) is 7.57. The quantitative estimate of drug-likeness (QED) is 0.908. The maximum absolute atomic E-state index is 13.5. The Labute approximate surface area is 140 Å². The van der Waals surface area contributed by atoms with Crippen molar-refractivity contribution in [2.75, 3.05) is 18.6 Å². The molecule has 2 aromatic rings. The van der Waals surface area contributed by atoms with Gasteiger partial charge in [0.05, 0.1) is 13.2 Å². The molecular formula is C17H21FN4O2. The van der Waals surface area contributed by atoms with E-state index in [-0.39, 0.29) is 17.7 Å². The molecule has 1 aromatic carbocycles. The third kappa shape index (κ3) is 3.41. The Morgan fingerprint density at radius 1 is 1.42 bits per heavy atom. The van der Waals surface area contributed by atoms with Crippen LogP contribution in [0.4, 0.5) is 10.2 Å². The van der Waals surface area contributed by atoms with Gasteiger partial charge in [-0.3, -0.25) is 14.4 Å². The average Bonchev–Trinajstić information content (AvgIpc) is 3.01. The Bertz CT molecular complexity index is 731. The van der Waals surface area contributed by atoms with E-state index in [1.165, 1.54) is 13.2 Å². The van der Waals surface area contributed by atoms with Crippen LogP contribution in [0.15, 0.2) is 30.5 Å². The maximum atomic E-state index is 13.5. The van der Waals surface area contributed by atoms with Gasteiger partial charge in [0.1, 0.15) is 0 Å². The van der Waals surface area contributed by atoms with Crippen LogP contribution in [0, 0.1) is 5.82 Å². The number of nitrogens with one attached hydrogen (secondary N) is 1. The number of piperidine rings is 1. The number of aryl methyl sites for hydroxylation is 1. The van der Waals surface area contributed by atoms with Gasteiger partial charge in [0.2, 0.25) is 5.91 Å². The number of amides is 1. The lowest BCUT2D eigenvalue weighted by atomic mass is 10.0. The highest BCUT2D eigenvalue weighted by Crippen LogP contribution is 2.21. The van der Waals surface area contributed by atoms with Crippen molar-refractivity contribution in [1.29, 1.82) is 0 Å². The minimum atomic E-state index is -0.392. The van der Waals surface area contributed by atoms with E-state index in [4.69, 9.17) is 4.74 Å². The number of hydrogen-bond acceptors (Lipinski definition) is 4. The number of ether oxygens (including phenoxy) is 1. The SMILES string of the molecule is COc1cc(CNC2CCCN(c3ccn(C)n3)C2=O)ccc1F. The first-order valence-electron chi connectivity index (χ1n) is 7.95. The zero-order valence-electron chi connectivity index (χ0n) is 13.8. The lowest BCUT2D eigenvalue weighted by Gasteiger charge is -2.31. The molecule has 2 heterocycles. The molecule has 7 heteroatoms. The Kier molecular flexibility index (Phi) is 4.80. The third-order valence-corrected chi connectivity index (χ3v) is 4.18. The number of carbonyl (C=O) groups is 1. The van der Waals surface area contributed by atoms with Gasteiger partial charge in [-0.2, -0.15) is 5.10 Å². The Morgan fingerprint density at radius 2 is 2.25 bits per heavy atom. The second kappa shape index (κ2) is 7.00. The van der Waals surface area contributed by atoms with E-state index in [1.807, 2.05) is 19.3 Å². The number of carbonyl (C=O) groups excluding carboxylic acids is 1. The molecule has 0 saturated carbocycles. The molecule has 1 saturated heterocycles. The molecule has 0 aliphatic carbocycles. The van der Waals surface area contributed by atoms with Gasteiger partial charge in [-0.1, -0.05) is 6.07 Å². The predicted octanol–water partition coefficient (Wildman–Crippen LogP) is 1.85. The maximum Gasteiger partial charge on any atom is 0.245 e. The van der Waals surface area contributed by atoms with Crippen LogP contribution < -0.4 is 15.0 Å². The average molecular weight is 332 g/mol. The normalized spacial score (nSPS) is 18.0. The van der Waals surface area contributed by atoms with Gasteiger partial charge in [0, 0.05) is 32.4 Å². The Balaban J connectivity index is 1.65. The van der Waals surface area contributed by atoms with E-state index in [0.717, 1.165) is 18.4 Å². The van der Waals surface area contributed by atoms with Gasteiger partial charge in [-0.15, -0.1) is 0 Å². The van der Waals surface area contributed by atoms with Crippen LogP contribution >= 0.6 is 0 Å². The number of benzene rings is 1. The molecule has 3 rings (SSSR count). The molecule has 1 aliphatic heterocycles. The van der Waals surface area contributed by atoms with E-state index in [1.54, 1.807) is 21.7 Å². The van der Waals surface area contributed by atoms with E-state index in [2.05, 4.69) is 10.4 Å². The predicted molar refractivity (Wildman–Crippen MR) is 88.4 cm³/mol. The number of hydrogen-bond donors (Lipinski definition) is 1. The molecular weight excluding hydrogens is 311 g/mol. The standard InChI is InChI=1S/C17H21FN4O2/c1-21-9-7-16(20-21)22-8-3-4-14(17(22)23)19-11-12-5-6-13(18)15(10-12)24-2/h5-7,9-10,14,19H,3-4,8,11H2,1-2H3. The number of anilines is 1. The molecule has 0 bridgehead atoms. The van der Waals surface area contributed by atoms with Gasteiger partial charge >= 0.3 is 0 Å². The summed E-state index contributed by atoms with van der Waals surface area (Å²) in [5.41, 5.74) is 0.871. The highest BCUT2D eigenvalue weighted by atomic mass is 19.1. The van der Waals surface area contributed by atoms with Gasteiger partial charge in [0.25, 0.3) is 0 Å². The topological polar surface area (TPSA) is 59.4 Å². The summed E-state index contributed by atoms with van der Waals surface area (Å²) >= 11 is 0. The Hall–Kier alpha value is -2.41. The van der Waals surface area contributed by atoms with Crippen molar-refractivity contribution in [3.63, 3.8) is 0 Å². The van der Waals surface area contributed by atoms with E-state index in [0.29, 0.717) is 18.9 Å². The molecule has 0 spiro atoms. The van der Waals surface area contributed by atoms with Crippen LogP contribution in [0.5, 0.6) is 5.75 Å². The van der Waals surface area contributed by atoms with Crippen molar-refractivity contribution in [2.24, 2.45) is 7.05 Å². The summed E-state index contributed by atoms with van der Waals surface area (Å²) < 4.78 is 20.1. The first-order valence-corrected chi connectivity index (χ1v) is 7.95. The minimum absolute atomic E-state index is 0.0222. The fraction of sp³-hybridized carbons (Fsp3) is 0.412. The second-order valence-electron chi connectivity index (χ2n) is 5.88. The zero-order valence-corrected chi connectivity index (χ0v) is 13.8. The van der Waals surface area contributed by atoms with Crippen LogP contribution in [0.2, 0.25) is 0 Å². The molecule has 1 amide bonds. The van der Waals surface area contributed by atoms with Crippen LogP contribution in [-0.4, -0.2) is 35.4 Å². The molecule has 128 valence electrons. The largest absolute Gasteiger partial charge is 0.494 e. The van der Waals surface area contributed by atoms with Gasteiger partial charge in [-0.05, 0) is 30.5 Å². The first kappa shape index (κ1) is 16.4. The van der Waals surface area contributed by atoms with Crippen molar-refractivity contribution >= 4 is 11.7 Å². The fourth-order valence-electron chi connectivity index (χ4n) is 2.89. The lowest BCUT2D eigenvalue weighted by Crippen LogP contribution is -2.50. The van der Waals surface area contributed by atoms with E-state index >= 15 is 0 Å². The molecule has 0 radical (unpaired) electrons. The monoisotopic (exact) mass is 332 g/mol. The number of methoxy groups -OCH3 is 1. The van der Waals surface area contributed by atoms with E-state index < -0.39 is 5.82 Å². The molecule has 1 fully saturated rings. The van der Waals surface area contributed by atoms with Crippen molar-refractivity contribution in [3.8, 4) is 5.75 Å². The lowest BCUT2D eigenvalue weighted by molar-refractivity contribution is -0.121. The van der Waals surface area contributed by atoms with Crippen LogP contribution in [0.3, 0.4) is 0 Å². The second-order valence-corrected chi connectivity index (χ2v) is 5.88. The number of nitrogens with zero attached hydrogens (tertiary/aromatic N) is 3. The third-order valence-electron chi connectivity index (χ3n) is 4.18. The first-order chi connectivity index (χ1) is 11.6. The molecule has 1 N–H and O–H groups in total. The summed E-state index contributed by atoms with van der Waals surface area (Å²) in [4.78, 5) is 14.4. The molecule has 1 aromatic heterocycles.